The third-order valence-electron chi connectivity index (χ3n) is 11.0. The maximum Gasteiger partial charge on any atom is 0.309 e. The first kappa shape index (κ1) is 45.4. The topological polar surface area (TPSA) is 57.5 Å². The van der Waals surface area contributed by atoms with E-state index in [2.05, 4.69) is 34.6 Å². The zero-order chi connectivity index (χ0) is 34.1. The number of carboxylic acids is 1. The van der Waals surface area contributed by atoms with Crippen LogP contribution in [0, 0.1) is 17.3 Å². The van der Waals surface area contributed by atoms with Crippen LogP contribution in [0.3, 0.4) is 0 Å². The Labute approximate surface area is 290 Å². The molecule has 2 N–H and O–H groups in total. The van der Waals surface area contributed by atoms with Crippen LogP contribution in [0.15, 0.2) is 0 Å². The van der Waals surface area contributed by atoms with Crippen molar-refractivity contribution < 1.29 is 15.0 Å². The number of carbonyl (C=O) groups is 1. The van der Waals surface area contributed by atoms with Crippen LogP contribution in [0.25, 0.3) is 0 Å². The molecule has 0 saturated heterocycles. The van der Waals surface area contributed by atoms with Crippen molar-refractivity contribution in [1.82, 2.24) is 0 Å². The maximum atomic E-state index is 13.4. The third-order valence-corrected chi connectivity index (χ3v) is 11.0. The van der Waals surface area contributed by atoms with E-state index in [0.717, 1.165) is 51.4 Å². The van der Waals surface area contributed by atoms with Gasteiger partial charge < -0.3 is 10.2 Å². The second-order valence-corrected chi connectivity index (χ2v) is 15.6. The molecule has 0 bridgehead atoms. The first-order valence-corrected chi connectivity index (χ1v) is 21.3. The molecule has 0 heterocycles. The number of unbranched alkanes of at least 4 members (excludes halogenated alkanes) is 18. The van der Waals surface area contributed by atoms with E-state index in [0.29, 0.717) is 11.8 Å². The Balaban J connectivity index is 5.18. The van der Waals surface area contributed by atoms with E-state index in [-0.39, 0.29) is 6.10 Å². The van der Waals surface area contributed by atoms with Crippen LogP contribution in [0.5, 0.6) is 0 Å². The van der Waals surface area contributed by atoms with Crippen LogP contribution in [-0.2, 0) is 4.79 Å². The summed E-state index contributed by atoms with van der Waals surface area (Å²) in [5, 5.41) is 21.5. The molecule has 0 aliphatic rings. The SMILES string of the molecule is CCCCCCCCCC(O)CCCCCCCC(CC(CCCC)CCCCCC)(CC(CCCC)CCCCCC)C(=O)O. The minimum Gasteiger partial charge on any atom is -0.481 e. The third kappa shape index (κ3) is 25.4. The molecule has 0 radical (unpaired) electrons. The largest absolute Gasteiger partial charge is 0.481 e. The van der Waals surface area contributed by atoms with Crippen molar-refractivity contribution in [2.24, 2.45) is 17.3 Å². The Morgan fingerprint density at radius 1 is 0.435 bits per heavy atom. The van der Waals surface area contributed by atoms with Crippen LogP contribution in [-0.4, -0.2) is 22.3 Å². The fourth-order valence-corrected chi connectivity index (χ4v) is 7.93. The van der Waals surface area contributed by atoms with Crippen molar-refractivity contribution in [3.05, 3.63) is 0 Å². The zero-order valence-corrected chi connectivity index (χ0v) is 32.4. The average molecular weight is 651 g/mol. The Kier molecular flexibility index (Phi) is 32.5. The molecular weight excluding hydrogens is 564 g/mol. The lowest BCUT2D eigenvalue weighted by molar-refractivity contribution is -0.152. The van der Waals surface area contributed by atoms with Crippen molar-refractivity contribution in [2.75, 3.05) is 0 Å². The molecule has 3 heteroatoms. The van der Waals surface area contributed by atoms with Crippen molar-refractivity contribution in [3.63, 3.8) is 0 Å². The molecule has 0 aliphatic heterocycles. The fraction of sp³-hybridized carbons (Fsp3) is 0.977. The van der Waals surface area contributed by atoms with E-state index >= 15 is 0 Å². The Morgan fingerprint density at radius 3 is 1.13 bits per heavy atom. The molecule has 0 aliphatic carbocycles. The highest BCUT2D eigenvalue weighted by atomic mass is 16.4. The first-order chi connectivity index (χ1) is 22.4. The standard InChI is InChI=1S/C43H86O3/c1-6-11-16-19-20-22-27-34-41(44)35-28-23-21-24-29-36-43(42(45)46,37-39(30-14-9-4)32-25-17-12-7-2)38-40(31-15-10-5)33-26-18-13-8-3/h39-41,44H,6-38H2,1-5H3,(H,45,46). The number of aliphatic carboxylic acids is 1. The molecule has 0 rings (SSSR count). The zero-order valence-electron chi connectivity index (χ0n) is 32.4. The van der Waals surface area contributed by atoms with Gasteiger partial charge >= 0.3 is 5.97 Å². The molecule has 0 aromatic heterocycles. The minimum atomic E-state index is -0.556. The smallest absolute Gasteiger partial charge is 0.309 e. The van der Waals surface area contributed by atoms with Crippen LogP contribution in [0.1, 0.15) is 247 Å². The van der Waals surface area contributed by atoms with E-state index < -0.39 is 11.4 Å². The van der Waals surface area contributed by atoms with Gasteiger partial charge in [0.1, 0.15) is 0 Å². The van der Waals surface area contributed by atoms with Gasteiger partial charge in [0.05, 0.1) is 11.5 Å². The summed E-state index contributed by atoms with van der Waals surface area (Å²) in [7, 11) is 0. The van der Waals surface area contributed by atoms with Crippen molar-refractivity contribution in [3.8, 4) is 0 Å². The molecule has 3 atom stereocenters. The minimum absolute atomic E-state index is 0.134. The highest BCUT2D eigenvalue weighted by molar-refractivity contribution is 5.74. The molecule has 46 heavy (non-hydrogen) atoms. The molecular formula is C43H86O3. The molecule has 276 valence electrons. The normalized spacial score (nSPS) is 15.1. The van der Waals surface area contributed by atoms with Gasteiger partial charge in [0.25, 0.3) is 0 Å². The van der Waals surface area contributed by atoms with Gasteiger partial charge in [-0.1, -0.05) is 214 Å². The molecule has 0 fully saturated rings. The summed E-state index contributed by atoms with van der Waals surface area (Å²) in [6.07, 6.45) is 39.1. The van der Waals surface area contributed by atoms with Crippen LogP contribution >= 0.6 is 0 Å². The van der Waals surface area contributed by atoms with E-state index in [9.17, 15) is 15.0 Å². The lowest BCUT2D eigenvalue weighted by Gasteiger charge is -2.37. The lowest BCUT2D eigenvalue weighted by atomic mass is 9.67. The second kappa shape index (κ2) is 33.0. The second-order valence-electron chi connectivity index (χ2n) is 15.6. The lowest BCUT2D eigenvalue weighted by Crippen LogP contribution is -2.36. The summed E-state index contributed by atoms with van der Waals surface area (Å²) in [4.78, 5) is 13.4. The van der Waals surface area contributed by atoms with Crippen LogP contribution in [0.4, 0.5) is 0 Å². The summed E-state index contributed by atoms with van der Waals surface area (Å²) in [6.45, 7) is 11.4. The number of hydrogen-bond acceptors (Lipinski definition) is 2. The average Bonchev–Trinajstić information content (AvgIpc) is 3.04. The van der Waals surface area contributed by atoms with E-state index in [1.165, 1.54) is 161 Å². The molecule has 0 amide bonds. The predicted molar refractivity (Wildman–Crippen MR) is 204 cm³/mol. The molecule has 0 aromatic carbocycles. The predicted octanol–water partition coefficient (Wildman–Crippen LogP) is 14.6. The van der Waals surface area contributed by atoms with Gasteiger partial charge in [-0.25, -0.2) is 0 Å². The molecule has 0 aromatic rings. The summed E-state index contributed by atoms with van der Waals surface area (Å²) < 4.78 is 0. The molecule has 3 nitrogen and oxygen atoms in total. The summed E-state index contributed by atoms with van der Waals surface area (Å²) in [5.41, 5.74) is -0.556. The van der Waals surface area contributed by atoms with Gasteiger partial charge in [0, 0.05) is 0 Å². The van der Waals surface area contributed by atoms with E-state index in [1.807, 2.05) is 0 Å². The van der Waals surface area contributed by atoms with Crippen LogP contribution in [0.2, 0.25) is 0 Å². The monoisotopic (exact) mass is 651 g/mol. The summed E-state index contributed by atoms with van der Waals surface area (Å²) >= 11 is 0. The Hall–Kier alpha value is -0.570. The number of hydrogen-bond donors (Lipinski definition) is 2. The van der Waals surface area contributed by atoms with Crippen molar-refractivity contribution in [2.45, 2.75) is 253 Å². The number of carboxylic acid groups (broad SMARTS) is 1. The van der Waals surface area contributed by atoms with Crippen molar-refractivity contribution in [1.29, 1.82) is 0 Å². The van der Waals surface area contributed by atoms with Crippen molar-refractivity contribution >= 4 is 5.97 Å². The highest BCUT2D eigenvalue weighted by Crippen LogP contribution is 2.44. The van der Waals surface area contributed by atoms with Gasteiger partial charge in [0.2, 0.25) is 0 Å². The Bertz CT molecular complexity index is 606. The number of rotatable bonds is 37. The molecule has 0 saturated carbocycles. The maximum absolute atomic E-state index is 13.4. The fourth-order valence-electron chi connectivity index (χ4n) is 7.93. The highest BCUT2D eigenvalue weighted by Gasteiger charge is 2.41. The van der Waals surface area contributed by atoms with Gasteiger partial charge in [-0.05, 0) is 43.9 Å². The molecule has 0 spiro atoms. The molecule has 3 unspecified atom stereocenters. The van der Waals surface area contributed by atoms with E-state index in [4.69, 9.17) is 0 Å². The van der Waals surface area contributed by atoms with Gasteiger partial charge in [-0.2, -0.15) is 0 Å². The van der Waals surface area contributed by atoms with Gasteiger partial charge in [0.15, 0.2) is 0 Å². The number of aliphatic hydroxyl groups is 1. The van der Waals surface area contributed by atoms with Gasteiger partial charge in [-0.3, -0.25) is 4.79 Å². The Morgan fingerprint density at radius 2 is 0.739 bits per heavy atom. The van der Waals surface area contributed by atoms with E-state index in [1.54, 1.807) is 0 Å². The number of aliphatic hydroxyl groups excluding tert-OH is 1. The quantitative estimate of drug-likeness (QED) is 0.0658. The summed E-state index contributed by atoms with van der Waals surface area (Å²) in [5.74, 6) is 0.612. The summed E-state index contributed by atoms with van der Waals surface area (Å²) in [6, 6.07) is 0. The van der Waals surface area contributed by atoms with Crippen LogP contribution < -0.4 is 0 Å². The van der Waals surface area contributed by atoms with Gasteiger partial charge in [-0.15, -0.1) is 0 Å². The first-order valence-electron chi connectivity index (χ1n) is 21.3.